The van der Waals surface area contributed by atoms with Gasteiger partial charge in [-0.1, -0.05) is 13.2 Å². The molecule has 2 fully saturated rings. The molecule has 2 saturated heterocycles. The molecule has 0 unspecified atom stereocenters. The van der Waals surface area contributed by atoms with Crippen LogP contribution < -0.4 is 0 Å². The van der Waals surface area contributed by atoms with Gasteiger partial charge in [-0.15, -0.1) is 0 Å². The van der Waals surface area contributed by atoms with Gasteiger partial charge in [0.25, 0.3) is 0 Å². The van der Waals surface area contributed by atoms with Crippen molar-refractivity contribution in [2.75, 3.05) is 26.4 Å². The van der Waals surface area contributed by atoms with Crippen LogP contribution in [-0.4, -0.2) is 51.3 Å². The SMILES string of the molecule is C=C(C)C(=O)OC1OCC2(CO1)COC(OC(=O)C(=C)C)OC2. The Kier molecular flexibility index (Phi) is 5.53. The van der Waals surface area contributed by atoms with Crippen LogP contribution in [0.25, 0.3) is 0 Å². The van der Waals surface area contributed by atoms with Crippen LogP contribution in [0.5, 0.6) is 0 Å². The maximum Gasteiger partial charge on any atom is 0.337 e. The van der Waals surface area contributed by atoms with Crippen molar-refractivity contribution in [3.63, 3.8) is 0 Å². The average molecular weight is 328 g/mol. The first-order valence-corrected chi connectivity index (χ1v) is 7.01. The number of ether oxygens (including phenoxy) is 6. The lowest BCUT2D eigenvalue weighted by Crippen LogP contribution is -2.53. The van der Waals surface area contributed by atoms with Crippen LogP contribution in [0, 0.1) is 5.41 Å². The third-order valence-corrected chi connectivity index (χ3v) is 3.21. The Morgan fingerprint density at radius 2 is 1.13 bits per heavy atom. The highest BCUT2D eigenvalue weighted by Gasteiger charge is 2.43. The van der Waals surface area contributed by atoms with Gasteiger partial charge in [0.1, 0.15) is 0 Å². The van der Waals surface area contributed by atoms with Gasteiger partial charge in [-0.05, 0) is 13.8 Å². The first kappa shape index (κ1) is 17.6. The van der Waals surface area contributed by atoms with Gasteiger partial charge in [-0.25, -0.2) is 9.59 Å². The molecule has 1 spiro atoms. The van der Waals surface area contributed by atoms with E-state index in [0.29, 0.717) is 0 Å². The molecule has 128 valence electrons. The molecule has 2 rings (SSSR count). The van der Waals surface area contributed by atoms with Crippen molar-refractivity contribution in [2.24, 2.45) is 5.41 Å². The largest absolute Gasteiger partial charge is 0.407 e. The van der Waals surface area contributed by atoms with E-state index in [-0.39, 0.29) is 37.6 Å². The van der Waals surface area contributed by atoms with Gasteiger partial charge in [0.2, 0.25) is 0 Å². The van der Waals surface area contributed by atoms with E-state index in [1.165, 1.54) is 13.8 Å². The minimum absolute atomic E-state index is 0.211. The van der Waals surface area contributed by atoms with Crippen LogP contribution >= 0.6 is 0 Å². The first-order chi connectivity index (χ1) is 10.8. The molecule has 0 N–H and O–H groups in total. The summed E-state index contributed by atoms with van der Waals surface area (Å²) in [4.78, 5) is 22.8. The maximum absolute atomic E-state index is 11.4. The fourth-order valence-electron chi connectivity index (χ4n) is 1.84. The standard InChI is InChI=1S/C15H20O8/c1-9(2)11(16)22-13-18-5-15(6-19-13)7-20-14(21-8-15)23-12(17)10(3)4/h13-14H,1,3,5-8H2,2,4H3. The lowest BCUT2D eigenvalue weighted by Gasteiger charge is -2.42. The summed E-state index contributed by atoms with van der Waals surface area (Å²) in [7, 11) is 0. The van der Waals surface area contributed by atoms with E-state index in [1.54, 1.807) is 0 Å². The van der Waals surface area contributed by atoms with E-state index in [1.807, 2.05) is 0 Å². The van der Waals surface area contributed by atoms with Crippen molar-refractivity contribution >= 4 is 11.9 Å². The van der Waals surface area contributed by atoms with Gasteiger partial charge >= 0.3 is 24.9 Å². The average Bonchev–Trinajstić information content (AvgIpc) is 2.52. The molecule has 2 heterocycles. The molecule has 2 aliphatic rings. The zero-order chi connectivity index (χ0) is 17.0. The molecule has 0 radical (unpaired) electrons. The minimum Gasteiger partial charge on any atom is -0.407 e. The zero-order valence-electron chi connectivity index (χ0n) is 13.2. The van der Waals surface area contributed by atoms with Gasteiger partial charge in [0.05, 0.1) is 31.8 Å². The Bertz CT molecular complexity index is 446. The fraction of sp³-hybridized carbons (Fsp3) is 0.600. The summed E-state index contributed by atoms with van der Waals surface area (Å²) in [6.45, 7) is 8.69. The second-order valence-electron chi connectivity index (χ2n) is 5.69. The smallest absolute Gasteiger partial charge is 0.337 e. The number of hydrogen-bond donors (Lipinski definition) is 0. The van der Waals surface area contributed by atoms with Crippen molar-refractivity contribution < 1.29 is 38.0 Å². The van der Waals surface area contributed by atoms with Crippen LogP contribution in [0.1, 0.15) is 13.8 Å². The maximum atomic E-state index is 11.4. The summed E-state index contributed by atoms with van der Waals surface area (Å²) in [5.74, 6) is -1.18. The monoisotopic (exact) mass is 328 g/mol. The number of esters is 2. The number of carbonyl (C=O) groups is 2. The van der Waals surface area contributed by atoms with Gasteiger partial charge in [0, 0.05) is 11.1 Å². The van der Waals surface area contributed by atoms with E-state index in [0.717, 1.165) is 0 Å². The Morgan fingerprint density at radius 3 is 1.39 bits per heavy atom. The second kappa shape index (κ2) is 7.22. The lowest BCUT2D eigenvalue weighted by atomic mass is 9.91. The summed E-state index contributed by atoms with van der Waals surface area (Å²) < 4.78 is 31.3. The molecule has 0 amide bonds. The third kappa shape index (κ3) is 4.61. The van der Waals surface area contributed by atoms with E-state index in [2.05, 4.69) is 13.2 Å². The Balaban J connectivity index is 1.77. The van der Waals surface area contributed by atoms with E-state index in [4.69, 9.17) is 28.4 Å². The molecule has 8 heteroatoms. The van der Waals surface area contributed by atoms with E-state index >= 15 is 0 Å². The molecular weight excluding hydrogens is 308 g/mol. The highest BCUT2D eigenvalue weighted by molar-refractivity contribution is 5.87. The van der Waals surface area contributed by atoms with Crippen LogP contribution in [0.15, 0.2) is 24.3 Å². The predicted octanol–water partition coefficient (Wildman–Crippen LogP) is 0.872. The van der Waals surface area contributed by atoms with Gasteiger partial charge in [-0.2, -0.15) is 0 Å². The summed E-state index contributed by atoms with van der Waals surface area (Å²) in [6.07, 6.45) is 0. The number of carbonyl (C=O) groups excluding carboxylic acids is 2. The molecule has 0 aliphatic carbocycles. The molecule has 23 heavy (non-hydrogen) atoms. The molecule has 0 aromatic heterocycles. The Labute approximate surface area is 133 Å². The topological polar surface area (TPSA) is 89.5 Å². The number of rotatable bonds is 4. The van der Waals surface area contributed by atoms with E-state index in [9.17, 15) is 9.59 Å². The van der Waals surface area contributed by atoms with Crippen LogP contribution in [0.4, 0.5) is 0 Å². The Morgan fingerprint density at radius 1 is 0.826 bits per heavy atom. The molecule has 0 aromatic rings. The van der Waals surface area contributed by atoms with Crippen molar-refractivity contribution in [3.8, 4) is 0 Å². The highest BCUT2D eigenvalue weighted by atomic mass is 16.9. The van der Waals surface area contributed by atoms with Crippen LogP contribution in [0.3, 0.4) is 0 Å². The molecule has 0 bridgehead atoms. The predicted molar refractivity (Wildman–Crippen MR) is 75.6 cm³/mol. The van der Waals surface area contributed by atoms with Crippen LogP contribution in [-0.2, 0) is 38.0 Å². The van der Waals surface area contributed by atoms with Crippen molar-refractivity contribution in [3.05, 3.63) is 24.3 Å². The molecule has 2 aliphatic heterocycles. The summed E-state index contributed by atoms with van der Waals surface area (Å²) >= 11 is 0. The molecular formula is C15H20O8. The first-order valence-electron chi connectivity index (χ1n) is 7.01. The zero-order valence-corrected chi connectivity index (χ0v) is 13.2. The van der Waals surface area contributed by atoms with Gasteiger partial charge in [0.15, 0.2) is 0 Å². The molecule has 0 atom stereocenters. The van der Waals surface area contributed by atoms with Crippen LogP contribution in [0.2, 0.25) is 0 Å². The fourth-order valence-corrected chi connectivity index (χ4v) is 1.84. The molecule has 0 saturated carbocycles. The highest BCUT2D eigenvalue weighted by Crippen LogP contribution is 2.30. The quantitative estimate of drug-likeness (QED) is 0.555. The number of hydrogen-bond acceptors (Lipinski definition) is 8. The Hall–Kier alpha value is -1.74. The minimum atomic E-state index is -1.08. The van der Waals surface area contributed by atoms with Gasteiger partial charge in [-0.3, -0.25) is 0 Å². The summed E-state index contributed by atoms with van der Waals surface area (Å²) in [5, 5.41) is 0. The van der Waals surface area contributed by atoms with Crippen molar-refractivity contribution in [2.45, 2.75) is 26.8 Å². The normalized spacial score (nSPS) is 30.5. The van der Waals surface area contributed by atoms with Gasteiger partial charge < -0.3 is 28.4 Å². The van der Waals surface area contributed by atoms with Crippen molar-refractivity contribution in [1.82, 2.24) is 0 Å². The summed E-state index contributed by atoms with van der Waals surface area (Å²) in [6, 6.07) is 0. The lowest BCUT2D eigenvalue weighted by molar-refractivity contribution is -0.377. The molecule has 8 nitrogen and oxygen atoms in total. The third-order valence-electron chi connectivity index (χ3n) is 3.21. The van der Waals surface area contributed by atoms with E-state index < -0.39 is 30.3 Å². The van der Waals surface area contributed by atoms with Crippen molar-refractivity contribution in [1.29, 1.82) is 0 Å². The molecule has 0 aromatic carbocycles. The second-order valence-corrected chi connectivity index (χ2v) is 5.69. The summed E-state index contributed by atoms with van der Waals surface area (Å²) in [5.41, 5.74) is -0.0360.